The quantitative estimate of drug-likeness (QED) is 0.388. The first-order valence-corrected chi connectivity index (χ1v) is 10.8. The lowest BCUT2D eigenvalue weighted by Crippen LogP contribution is -2.21. The predicted octanol–water partition coefficient (Wildman–Crippen LogP) is 5.18. The molecule has 0 amide bonds. The summed E-state index contributed by atoms with van der Waals surface area (Å²) in [5.41, 5.74) is 1.06. The highest BCUT2D eigenvalue weighted by atomic mass is 32.2. The van der Waals surface area contributed by atoms with Crippen molar-refractivity contribution in [2.45, 2.75) is 63.7 Å². The van der Waals surface area contributed by atoms with Crippen LogP contribution in [0.5, 0.6) is 0 Å². The molecule has 1 aromatic carbocycles. The van der Waals surface area contributed by atoms with E-state index < -0.39 is 9.84 Å². The Balaban J connectivity index is 2.75. The van der Waals surface area contributed by atoms with Crippen LogP contribution in [-0.4, -0.2) is 21.5 Å². The number of allylic oxidation sites excluding steroid dienone is 1. The van der Waals surface area contributed by atoms with Crippen molar-refractivity contribution >= 4 is 9.84 Å². The number of hydrogen-bond acceptors (Lipinski definition) is 3. The normalized spacial score (nSPS) is 12.3. The average Bonchev–Trinajstić information content (AvgIpc) is 2.59. The van der Waals surface area contributed by atoms with Gasteiger partial charge in [-0.2, -0.15) is 0 Å². The van der Waals surface area contributed by atoms with Gasteiger partial charge < -0.3 is 5.32 Å². The number of nitrogens with one attached hydrogen (secondary N) is 1. The van der Waals surface area contributed by atoms with Gasteiger partial charge in [-0.05, 0) is 31.9 Å². The first-order chi connectivity index (χ1) is 12.0. The van der Waals surface area contributed by atoms with Crippen LogP contribution < -0.4 is 5.32 Å². The topological polar surface area (TPSA) is 46.2 Å². The Labute approximate surface area is 154 Å². The van der Waals surface area contributed by atoms with Gasteiger partial charge in [0.2, 0.25) is 9.84 Å². The maximum absolute atomic E-state index is 12.9. The maximum atomic E-state index is 12.9. The molecule has 0 heterocycles. The Morgan fingerprint density at radius 2 is 1.72 bits per heavy atom. The SMILES string of the molecule is C=CCNC/C(=C\CCCCCCCC)S(=O)(=O)c1ccc(C)cc1. The third kappa shape index (κ3) is 8.02. The van der Waals surface area contributed by atoms with E-state index in [1.807, 2.05) is 25.1 Å². The fourth-order valence-electron chi connectivity index (χ4n) is 2.63. The number of benzene rings is 1. The van der Waals surface area contributed by atoms with Crippen molar-refractivity contribution in [3.63, 3.8) is 0 Å². The van der Waals surface area contributed by atoms with Gasteiger partial charge in [-0.1, -0.05) is 68.9 Å². The molecule has 0 radical (unpaired) electrons. The van der Waals surface area contributed by atoms with E-state index >= 15 is 0 Å². The minimum Gasteiger partial charge on any atom is -0.309 e. The Bertz CT molecular complexity index is 630. The lowest BCUT2D eigenvalue weighted by molar-refractivity contribution is 0.597. The molecule has 0 fully saturated rings. The summed E-state index contributed by atoms with van der Waals surface area (Å²) in [6.07, 6.45) is 11.7. The Kier molecular flexibility index (Phi) is 10.4. The second-order valence-electron chi connectivity index (χ2n) is 6.46. The van der Waals surface area contributed by atoms with E-state index in [0.717, 1.165) is 24.8 Å². The number of aryl methyl sites for hydroxylation is 1. The zero-order chi connectivity index (χ0) is 18.5. The van der Waals surface area contributed by atoms with E-state index in [1.165, 1.54) is 25.7 Å². The molecule has 4 heteroatoms. The second kappa shape index (κ2) is 12.0. The highest BCUT2D eigenvalue weighted by Crippen LogP contribution is 2.20. The van der Waals surface area contributed by atoms with Crippen molar-refractivity contribution in [2.24, 2.45) is 0 Å². The summed E-state index contributed by atoms with van der Waals surface area (Å²) >= 11 is 0. The number of sulfone groups is 1. The zero-order valence-electron chi connectivity index (χ0n) is 15.8. The summed E-state index contributed by atoms with van der Waals surface area (Å²) in [7, 11) is -3.44. The summed E-state index contributed by atoms with van der Waals surface area (Å²) in [5.74, 6) is 0. The summed E-state index contributed by atoms with van der Waals surface area (Å²) < 4.78 is 25.8. The fourth-order valence-corrected chi connectivity index (χ4v) is 4.06. The molecule has 0 aromatic heterocycles. The van der Waals surface area contributed by atoms with Gasteiger partial charge in [0.25, 0.3) is 0 Å². The lowest BCUT2D eigenvalue weighted by atomic mass is 10.1. The molecule has 0 saturated carbocycles. The van der Waals surface area contributed by atoms with E-state index in [1.54, 1.807) is 18.2 Å². The Morgan fingerprint density at radius 1 is 1.08 bits per heavy atom. The lowest BCUT2D eigenvalue weighted by Gasteiger charge is -2.11. The molecule has 0 unspecified atom stereocenters. The van der Waals surface area contributed by atoms with Crippen molar-refractivity contribution in [3.05, 3.63) is 53.5 Å². The maximum Gasteiger partial charge on any atom is 0.203 e. The van der Waals surface area contributed by atoms with Crippen LogP contribution in [0.3, 0.4) is 0 Å². The molecule has 0 aliphatic rings. The third-order valence-electron chi connectivity index (χ3n) is 4.19. The van der Waals surface area contributed by atoms with Gasteiger partial charge in [0.05, 0.1) is 9.80 Å². The molecule has 0 atom stereocenters. The fraction of sp³-hybridized carbons (Fsp3) is 0.524. The summed E-state index contributed by atoms with van der Waals surface area (Å²) in [5, 5.41) is 3.13. The number of hydrogen-bond donors (Lipinski definition) is 1. The van der Waals surface area contributed by atoms with Gasteiger partial charge >= 0.3 is 0 Å². The number of unbranched alkanes of at least 4 members (excludes halogenated alkanes) is 6. The summed E-state index contributed by atoms with van der Waals surface area (Å²) in [6.45, 7) is 8.77. The molecule has 1 aromatic rings. The highest BCUT2D eigenvalue weighted by molar-refractivity contribution is 7.95. The van der Waals surface area contributed by atoms with Crippen molar-refractivity contribution in [1.82, 2.24) is 5.32 Å². The Morgan fingerprint density at radius 3 is 2.36 bits per heavy atom. The molecule has 0 aliphatic heterocycles. The molecule has 0 bridgehead atoms. The van der Waals surface area contributed by atoms with Crippen LogP contribution in [0.25, 0.3) is 0 Å². The standard InChI is InChI=1S/C21H33NO2S/c1-4-6-7-8-9-10-11-12-21(18-22-17-5-2)25(23,24)20-15-13-19(3)14-16-20/h5,12-16,22H,2,4,6-11,17-18H2,1,3H3/b21-12+. The van der Waals surface area contributed by atoms with Gasteiger partial charge in [-0.25, -0.2) is 8.42 Å². The van der Waals surface area contributed by atoms with Crippen LogP contribution in [-0.2, 0) is 9.84 Å². The zero-order valence-corrected chi connectivity index (χ0v) is 16.6. The first kappa shape index (κ1) is 21.7. The molecule has 0 saturated heterocycles. The second-order valence-corrected chi connectivity index (χ2v) is 8.47. The highest BCUT2D eigenvalue weighted by Gasteiger charge is 2.19. The van der Waals surface area contributed by atoms with Gasteiger partial charge in [0.1, 0.15) is 0 Å². The molecule has 25 heavy (non-hydrogen) atoms. The Hall–Kier alpha value is -1.39. The van der Waals surface area contributed by atoms with E-state index in [0.29, 0.717) is 22.9 Å². The molecular formula is C21H33NO2S. The molecule has 0 aliphatic carbocycles. The van der Waals surface area contributed by atoms with Crippen LogP contribution in [0, 0.1) is 6.92 Å². The van der Waals surface area contributed by atoms with Gasteiger partial charge in [-0.15, -0.1) is 6.58 Å². The van der Waals surface area contributed by atoms with Crippen molar-refractivity contribution in [2.75, 3.05) is 13.1 Å². The molecule has 1 N–H and O–H groups in total. The third-order valence-corrected chi connectivity index (χ3v) is 6.09. The van der Waals surface area contributed by atoms with Crippen molar-refractivity contribution in [1.29, 1.82) is 0 Å². The monoisotopic (exact) mass is 363 g/mol. The van der Waals surface area contributed by atoms with Crippen molar-refractivity contribution < 1.29 is 8.42 Å². The molecule has 1 rings (SSSR count). The molecule has 0 spiro atoms. The summed E-state index contributed by atoms with van der Waals surface area (Å²) in [4.78, 5) is 0.833. The van der Waals surface area contributed by atoms with E-state index in [9.17, 15) is 8.42 Å². The molecular weight excluding hydrogens is 330 g/mol. The van der Waals surface area contributed by atoms with Crippen LogP contribution in [0.15, 0.2) is 52.8 Å². The van der Waals surface area contributed by atoms with Crippen LogP contribution in [0.1, 0.15) is 57.4 Å². The smallest absolute Gasteiger partial charge is 0.203 e. The average molecular weight is 364 g/mol. The largest absolute Gasteiger partial charge is 0.309 e. The van der Waals surface area contributed by atoms with Gasteiger partial charge in [0, 0.05) is 13.1 Å². The van der Waals surface area contributed by atoms with E-state index in [4.69, 9.17) is 0 Å². The predicted molar refractivity (Wildman–Crippen MR) is 108 cm³/mol. The van der Waals surface area contributed by atoms with Crippen LogP contribution in [0.2, 0.25) is 0 Å². The van der Waals surface area contributed by atoms with Gasteiger partial charge in [0.15, 0.2) is 0 Å². The molecule has 3 nitrogen and oxygen atoms in total. The minimum atomic E-state index is -3.44. The van der Waals surface area contributed by atoms with E-state index in [-0.39, 0.29) is 0 Å². The number of rotatable bonds is 13. The van der Waals surface area contributed by atoms with Gasteiger partial charge in [-0.3, -0.25) is 0 Å². The van der Waals surface area contributed by atoms with Crippen LogP contribution in [0.4, 0.5) is 0 Å². The summed E-state index contributed by atoms with van der Waals surface area (Å²) in [6, 6.07) is 7.07. The minimum absolute atomic E-state index is 0.345. The van der Waals surface area contributed by atoms with E-state index in [2.05, 4.69) is 18.8 Å². The van der Waals surface area contributed by atoms with Crippen LogP contribution >= 0.6 is 0 Å². The molecule has 140 valence electrons. The van der Waals surface area contributed by atoms with Crippen molar-refractivity contribution in [3.8, 4) is 0 Å². The first-order valence-electron chi connectivity index (χ1n) is 9.34.